The second-order valence-corrected chi connectivity index (χ2v) is 4.97. The Bertz CT molecular complexity index is 766. The van der Waals surface area contributed by atoms with E-state index < -0.39 is 5.91 Å². The lowest BCUT2D eigenvalue weighted by atomic mass is 10.2. The van der Waals surface area contributed by atoms with Crippen molar-refractivity contribution in [2.24, 2.45) is 7.05 Å². The van der Waals surface area contributed by atoms with Crippen LogP contribution < -0.4 is 16.2 Å². The number of anilines is 1. The number of rotatable bonds is 5. The number of benzene rings is 1. The third-order valence-corrected chi connectivity index (χ3v) is 3.13. The molecule has 1 aromatic heterocycles. The highest BCUT2D eigenvalue weighted by Gasteiger charge is 2.10. The topological polar surface area (TPSA) is 93.1 Å². The summed E-state index contributed by atoms with van der Waals surface area (Å²) in [5.41, 5.74) is 0.912. The van der Waals surface area contributed by atoms with Crippen molar-refractivity contribution in [2.75, 3.05) is 11.9 Å². The maximum absolute atomic E-state index is 12.1. The Hall–Kier alpha value is -2.96. The van der Waals surface area contributed by atoms with Gasteiger partial charge in [0.05, 0.1) is 0 Å². The molecule has 120 valence electrons. The molecule has 0 aliphatic rings. The van der Waals surface area contributed by atoms with E-state index in [2.05, 4.69) is 15.7 Å². The molecule has 0 aliphatic carbocycles. The highest BCUT2D eigenvalue weighted by molar-refractivity contribution is 6.03. The Morgan fingerprint density at radius 3 is 2.39 bits per heavy atom. The normalized spacial score (nSPS) is 10.2. The third kappa shape index (κ3) is 4.26. The Labute approximate surface area is 133 Å². The molecular formula is C16H18N4O3. The first-order chi connectivity index (χ1) is 11.0. The van der Waals surface area contributed by atoms with Crippen molar-refractivity contribution in [1.29, 1.82) is 0 Å². The second kappa shape index (κ2) is 7.35. The van der Waals surface area contributed by atoms with Crippen LogP contribution in [0.1, 0.15) is 34.2 Å². The molecule has 0 atom stereocenters. The molecule has 0 unspecified atom stereocenters. The van der Waals surface area contributed by atoms with Crippen LogP contribution in [0.15, 0.2) is 41.2 Å². The average molecular weight is 314 g/mol. The summed E-state index contributed by atoms with van der Waals surface area (Å²) < 4.78 is 1.09. The fraction of sp³-hybridized carbons (Fsp3) is 0.250. The van der Waals surface area contributed by atoms with E-state index in [9.17, 15) is 14.4 Å². The van der Waals surface area contributed by atoms with Gasteiger partial charge in [-0.2, -0.15) is 5.10 Å². The van der Waals surface area contributed by atoms with E-state index in [1.807, 2.05) is 6.92 Å². The van der Waals surface area contributed by atoms with Gasteiger partial charge in [-0.3, -0.25) is 14.4 Å². The maximum atomic E-state index is 12.1. The molecule has 2 amide bonds. The van der Waals surface area contributed by atoms with Crippen LogP contribution in [0.25, 0.3) is 0 Å². The predicted octanol–water partition coefficient (Wildman–Crippen LogP) is 1.17. The van der Waals surface area contributed by atoms with E-state index in [4.69, 9.17) is 0 Å². The van der Waals surface area contributed by atoms with Gasteiger partial charge in [-0.25, -0.2) is 4.68 Å². The number of amides is 2. The van der Waals surface area contributed by atoms with Crippen molar-refractivity contribution in [2.45, 2.75) is 13.3 Å². The number of nitrogens with zero attached hydrogens (tertiary/aromatic N) is 2. The number of hydrogen-bond donors (Lipinski definition) is 2. The zero-order valence-electron chi connectivity index (χ0n) is 13.0. The summed E-state index contributed by atoms with van der Waals surface area (Å²) in [5, 5.41) is 9.32. The van der Waals surface area contributed by atoms with E-state index in [0.717, 1.165) is 11.1 Å². The Morgan fingerprint density at radius 1 is 1.09 bits per heavy atom. The fourth-order valence-corrected chi connectivity index (χ4v) is 1.86. The van der Waals surface area contributed by atoms with E-state index in [1.165, 1.54) is 19.2 Å². The molecule has 7 heteroatoms. The quantitative estimate of drug-likeness (QED) is 0.866. The monoisotopic (exact) mass is 314 g/mol. The molecule has 7 nitrogen and oxygen atoms in total. The molecule has 2 N–H and O–H groups in total. The lowest BCUT2D eigenvalue weighted by Gasteiger charge is -2.07. The van der Waals surface area contributed by atoms with Gasteiger partial charge in [0, 0.05) is 30.9 Å². The van der Waals surface area contributed by atoms with Gasteiger partial charge < -0.3 is 10.6 Å². The van der Waals surface area contributed by atoms with Gasteiger partial charge in [0.25, 0.3) is 17.4 Å². The highest BCUT2D eigenvalue weighted by atomic mass is 16.2. The van der Waals surface area contributed by atoms with Gasteiger partial charge in [-0.15, -0.1) is 0 Å². The molecule has 2 aromatic rings. The highest BCUT2D eigenvalue weighted by Crippen LogP contribution is 2.10. The van der Waals surface area contributed by atoms with E-state index in [0.29, 0.717) is 17.8 Å². The molecular weight excluding hydrogens is 296 g/mol. The van der Waals surface area contributed by atoms with Crippen LogP contribution in [0.5, 0.6) is 0 Å². The number of aromatic nitrogens is 2. The number of carbonyl (C=O) groups excluding carboxylic acids is 2. The van der Waals surface area contributed by atoms with Crippen molar-refractivity contribution < 1.29 is 9.59 Å². The van der Waals surface area contributed by atoms with Crippen LogP contribution in [0.2, 0.25) is 0 Å². The molecule has 0 saturated carbocycles. The summed E-state index contributed by atoms with van der Waals surface area (Å²) in [6.07, 6.45) is 0.868. The summed E-state index contributed by atoms with van der Waals surface area (Å²) in [6, 6.07) is 9.19. The number of aryl methyl sites for hydroxylation is 1. The molecule has 0 spiro atoms. The predicted molar refractivity (Wildman–Crippen MR) is 86.5 cm³/mol. The molecule has 2 rings (SSSR count). The van der Waals surface area contributed by atoms with Gasteiger partial charge in [0.2, 0.25) is 0 Å². The van der Waals surface area contributed by atoms with Crippen LogP contribution in [0.4, 0.5) is 5.69 Å². The summed E-state index contributed by atoms with van der Waals surface area (Å²) in [4.78, 5) is 35.1. The molecule has 1 heterocycles. The molecule has 23 heavy (non-hydrogen) atoms. The van der Waals surface area contributed by atoms with Gasteiger partial charge in [0.15, 0.2) is 0 Å². The first-order valence-electron chi connectivity index (χ1n) is 7.25. The SMILES string of the molecule is CCCNC(=O)c1ccc(NC(=O)c2ccc(=O)n(C)n2)cc1. The van der Waals surface area contributed by atoms with Crippen molar-refractivity contribution in [3.63, 3.8) is 0 Å². The summed E-state index contributed by atoms with van der Waals surface area (Å²) >= 11 is 0. The minimum atomic E-state index is -0.427. The minimum Gasteiger partial charge on any atom is -0.352 e. The van der Waals surface area contributed by atoms with E-state index in [-0.39, 0.29) is 17.2 Å². The first-order valence-corrected chi connectivity index (χ1v) is 7.25. The van der Waals surface area contributed by atoms with Crippen LogP contribution in [-0.2, 0) is 7.05 Å². The Balaban J connectivity index is 2.05. The number of hydrogen-bond acceptors (Lipinski definition) is 4. The molecule has 0 fully saturated rings. The van der Waals surface area contributed by atoms with Gasteiger partial charge in [0.1, 0.15) is 5.69 Å². The molecule has 1 aromatic carbocycles. The molecule has 0 bridgehead atoms. The van der Waals surface area contributed by atoms with Gasteiger partial charge in [-0.05, 0) is 36.8 Å². The van der Waals surface area contributed by atoms with Gasteiger partial charge >= 0.3 is 0 Å². The summed E-state index contributed by atoms with van der Waals surface area (Å²) in [5.74, 6) is -0.576. The lowest BCUT2D eigenvalue weighted by molar-refractivity contribution is 0.0953. The van der Waals surface area contributed by atoms with Crippen LogP contribution >= 0.6 is 0 Å². The third-order valence-electron chi connectivity index (χ3n) is 3.13. The standard InChI is InChI=1S/C16H18N4O3/c1-3-10-17-15(22)11-4-6-12(7-5-11)18-16(23)13-8-9-14(21)20(2)19-13/h4-9H,3,10H2,1-2H3,(H,17,22)(H,18,23). The number of carbonyl (C=O) groups is 2. The summed E-state index contributed by atoms with van der Waals surface area (Å²) in [6.45, 7) is 2.60. The molecule has 0 saturated heterocycles. The average Bonchev–Trinajstić information content (AvgIpc) is 2.55. The zero-order valence-corrected chi connectivity index (χ0v) is 13.0. The second-order valence-electron chi connectivity index (χ2n) is 4.97. The zero-order chi connectivity index (χ0) is 16.8. The molecule has 0 aliphatic heterocycles. The first kappa shape index (κ1) is 16.4. The van der Waals surface area contributed by atoms with Crippen LogP contribution in [0, 0.1) is 0 Å². The van der Waals surface area contributed by atoms with Crippen LogP contribution in [-0.4, -0.2) is 28.1 Å². The Kier molecular flexibility index (Phi) is 5.24. The molecule has 0 radical (unpaired) electrons. The van der Waals surface area contributed by atoms with Gasteiger partial charge in [-0.1, -0.05) is 6.92 Å². The van der Waals surface area contributed by atoms with E-state index in [1.54, 1.807) is 24.3 Å². The lowest BCUT2D eigenvalue weighted by Crippen LogP contribution is -2.24. The Morgan fingerprint density at radius 2 is 1.78 bits per heavy atom. The smallest absolute Gasteiger partial charge is 0.276 e. The largest absolute Gasteiger partial charge is 0.352 e. The fourth-order valence-electron chi connectivity index (χ4n) is 1.86. The number of nitrogens with one attached hydrogen (secondary N) is 2. The van der Waals surface area contributed by atoms with Crippen LogP contribution in [0.3, 0.4) is 0 Å². The van der Waals surface area contributed by atoms with Crippen molar-refractivity contribution in [3.8, 4) is 0 Å². The maximum Gasteiger partial charge on any atom is 0.276 e. The van der Waals surface area contributed by atoms with Crippen molar-refractivity contribution >= 4 is 17.5 Å². The van der Waals surface area contributed by atoms with Crippen molar-refractivity contribution in [1.82, 2.24) is 15.1 Å². The summed E-state index contributed by atoms with van der Waals surface area (Å²) in [7, 11) is 1.48. The minimum absolute atomic E-state index is 0.136. The van der Waals surface area contributed by atoms with E-state index >= 15 is 0 Å². The van der Waals surface area contributed by atoms with Crippen molar-refractivity contribution in [3.05, 3.63) is 58.0 Å².